The van der Waals surface area contributed by atoms with Crippen LogP contribution in [0.15, 0.2) is 54.7 Å². The number of amides is 2. The largest absolute Gasteiger partial charge is 0.435 e. The van der Waals surface area contributed by atoms with Crippen LogP contribution in [0.4, 0.5) is 72.8 Å². The van der Waals surface area contributed by atoms with Gasteiger partial charge in [0.1, 0.15) is 12.2 Å². The summed E-state index contributed by atoms with van der Waals surface area (Å²) in [5, 5.41) is 10.6. The number of halogens is 14. The van der Waals surface area contributed by atoms with Gasteiger partial charge in [-0.25, -0.2) is 8.78 Å². The van der Waals surface area contributed by atoms with Gasteiger partial charge in [0.2, 0.25) is 0 Å². The lowest BCUT2D eigenvalue weighted by Crippen LogP contribution is -2.50. The smallest absolute Gasteiger partial charge is 0.321 e. The van der Waals surface area contributed by atoms with Crippen LogP contribution in [0.1, 0.15) is 37.5 Å². The fourth-order valence-corrected chi connectivity index (χ4v) is 3.86. The van der Waals surface area contributed by atoms with Gasteiger partial charge < -0.3 is 5.32 Å². The highest BCUT2D eigenvalue weighted by atomic mass is 19.4. The molecule has 0 aliphatic heterocycles. The van der Waals surface area contributed by atoms with Crippen LogP contribution in [0.3, 0.4) is 0 Å². The summed E-state index contributed by atoms with van der Waals surface area (Å²) >= 11 is 0. The predicted octanol–water partition coefficient (Wildman–Crippen LogP) is 7.97. The van der Waals surface area contributed by atoms with Gasteiger partial charge in [0, 0.05) is 11.8 Å². The summed E-state index contributed by atoms with van der Waals surface area (Å²) in [5.41, 5.74) is -16.8. The SMILES string of the molecule is N#CCN(C(=O)c1ccc(C(F)(F)F)nc1)c1cccc(C(=O)Nc2ccc(C(F)(C(F)(F)F)C(F)(F)F)cc2C(F)(F)F)c1F. The predicted molar refractivity (Wildman–Crippen MR) is 127 cm³/mol. The van der Waals surface area contributed by atoms with Gasteiger partial charge in [0.05, 0.1) is 34.1 Å². The summed E-state index contributed by atoms with van der Waals surface area (Å²) in [6, 6.07) is 3.41. The van der Waals surface area contributed by atoms with Gasteiger partial charge in [-0.2, -0.15) is 57.9 Å². The van der Waals surface area contributed by atoms with Gasteiger partial charge in [0.15, 0.2) is 5.82 Å². The van der Waals surface area contributed by atoms with E-state index in [2.05, 4.69) is 4.98 Å². The zero-order chi connectivity index (χ0) is 35.0. The van der Waals surface area contributed by atoms with Gasteiger partial charge in [-0.1, -0.05) is 12.1 Å². The molecule has 0 unspecified atom stereocenters. The van der Waals surface area contributed by atoms with E-state index in [1.54, 1.807) is 0 Å². The Hall–Kier alpha value is -4.96. The van der Waals surface area contributed by atoms with Crippen LogP contribution in [0, 0.1) is 17.1 Å². The van der Waals surface area contributed by atoms with Gasteiger partial charge in [-0.15, -0.1) is 0 Å². The Morgan fingerprint density at radius 1 is 0.826 bits per heavy atom. The molecule has 0 saturated carbocycles. The fourth-order valence-electron chi connectivity index (χ4n) is 3.86. The molecule has 6 nitrogen and oxygen atoms in total. The standard InChI is InChI=1S/C26H12F14N4O2/c27-19-14(2-1-3-17(19)44(9-8-41)21(46)12-4-7-18(42-11-12)24(32,33)34)20(45)43-16-6-5-13(10-15(16)23(29,30)31)22(28,25(35,36)37)26(38,39)40/h1-7,10-11H,9H2,(H,43,45). The van der Waals surface area contributed by atoms with E-state index in [1.807, 2.05) is 0 Å². The number of alkyl halides is 13. The van der Waals surface area contributed by atoms with E-state index in [-0.39, 0.29) is 12.1 Å². The highest BCUT2D eigenvalue weighted by Crippen LogP contribution is 2.54. The molecule has 0 aliphatic carbocycles. The quantitative estimate of drug-likeness (QED) is 0.212. The molecule has 0 fully saturated rings. The molecular formula is C26H12F14N4O2. The fraction of sp³-hybridized carbons (Fsp3) is 0.231. The van der Waals surface area contributed by atoms with Crippen molar-refractivity contribution in [3.63, 3.8) is 0 Å². The summed E-state index contributed by atoms with van der Waals surface area (Å²) in [5.74, 6) is -4.83. The average molecular weight is 678 g/mol. The Bertz CT molecular complexity index is 1660. The van der Waals surface area contributed by atoms with Crippen LogP contribution < -0.4 is 10.2 Å². The molecule has 1 aromatic heterocycles. The van der Waals surface area contributed by atoms with Crippen LogP contribution >= 0.6 is 0 Å². The highest BCUT2D eigenvalue weighted by molar-refractivity contribution is 6.09. The number of pyridine rings is 1. The number of anilines is 2. The normalized spacial score (nSPS) is 12.8. The molecule has 1 N–H and O–H groups in total. The molecule has 0 radical (unpaired) electrons. The number of carbonyl (C=O) groups is 2. The summed E-state index contributed by atoms with van der Waals surface area (Å²) in [4.78, 5) is 29.0. The third kappa shape index (κ3) is 6.82. The first-order chi connectivity index (χ1) is 20.9. The number of nitrogens with one attached hydrogen (secondary N) is 1. The van der Waals surface area contributed by atoms with Crippen molar-refractivity contribution in [1.29, 1.82) is 5.26 Å². The van der Waals surface area contributed by atoms with Gasteiger partial charge in [0.25, 0.3) is 11.8 Å². The van der Waals surface area contributed by atoms with Crippen LogP contribution in [0.25, 0.3) is 0 Å². The third-order valence-electron chi connectivity index (χ3n) is 6.04. The van der Waals surface area contributed by atoms with E-state index < -0.39 is 99.9 Å². The number of aromatic nitrogens is 1. The van der Waals surface area contributed by atoms with Crippen molar-refractivity contribution in [2.24, 2.45) is 0 Å². The summed E-state index contributed by atoms with van der Waals surface area (Å²) < 4.78 is 188. The molecule has 3 aromatic rings. The molecule has 3 rings (SSSR count). The maximum absolute atomic E-state index is 15.5. The van der Waals surface area contributed by atoms with Crippen molar-refractivity contribution in [2.75, 3.05) is 16.8 Å². The van der Waals surface area contributed by atoms with Gasteiger partial charge >= 0.3 is 30.4 Å². The van der Waals surface area contributed by atoms with Crippen molar-refractivity contribution < 1.29 is 71.1 Å². The van der Waals surface area contributed by atoms with Gasteiger partial charge in [-0.05, 0) is 36.4 Å². The first-order valence-corrected chi connectivity index (χ1v) is 11.8. The Labute approximate surface area is 246 Å². The number of rotatable bonds is 6. The first kappa shape index (κ1) is 35.5. The number of nitrogens with zero attached hydrogens (tertiary/aromatic N) is 3. The molecule has 1 heterocycles. The van der Waals surface area contributed by atoms with Gasteiger partial charge in [-0.3, -0.25) is 19.5 Å². The second kappa shape index (κ2) is 12.1. The molecule has 46 heavy (non-hydrogen) atoms. The van der Waals surface area contributed by atoms with Crippen molar-refractivity contribution >= 4 is 23.2 Å². The lowest BCUT2D eigenvalue weighted by molar-refractivity contribution is -0.348. The number of carbonyl (C=O) groups excluding carboxylic acids is 2. The molecule has 2 aromatic carbocycles. The van der Waals surface area contributed by atoms with Crippen LogP contribution in [-0.4, -0.2) is 35.7 Å². The molecule has 0 atom stereocenters. The Kier molecular flexibility index (Phi) is 9.34. The molecule has 0 aliphatic rings. The topological polar surface area (TPSA) is 86.1 Å². The summed E-state index contributed by atoms with van der Waals surface area (Å²) in [7, 11) is 0. The van der Waals surface area contributed by atoms with Crippen molar-refractivity contribution in [3.05, 3.63) is 88.5 Å². The molecular weight excluding hydrogens is 666 g/mol. The summed E-state index contributed by atoms with van der Waals surface area (Å²) in [6.07, 6.45) is -23.8. The Balaban J connectivity index is 2.05. The zero-order valence-electron chi connectivity index (χ0n) is 21.9. The monoisotopic (exact) mass is 678 g/mol. The van der Waals surface area contributed by atoms with Crippen LogP contribution in [-0.2, 0) is 18.0 Å². The third-order valence-corrected chi connectivity index (χ3v) is 6.04. The number of benzene rings is 2. The van der Waals surface area contributed by atoms with E-state index in [9.17, 15) is 66.7 Å². The van der Waals surface area contributed by atoms with E-state index in [4.69, 9.17) is 5.26 Å². The second-order valence-corrected chi connectivity index (χ2v) is 8.98. The van der Waals surface area contributed by atoms with E-state index in [0.29, 0.717) is 29.3 Å². The molecule has 246 valence electrons. The van der Waals surface area contributed by atoms with E-state index in [0.717, 1.165) is 12.1 Å². The van der Waals surface area contributed by atoms with Crippen molar-refractivity contribution in [1.82, 2.24) is 4.98 Å². The molecule has 0 spiro atoms. The number of hydrogen-bond donors (Lipinski definition) is 1. The summed E-state index contributed by atoms with van der Waals surface area (Å²) in [6.45, 7) is -0.995. The Morgan fingerprint density at radius 2 is 1.43 bits per heavy atom. The maximum Gasteiger partial charge on any atom is 0.435 e. The number of nitriles is 1. The highest BCUT2D eigenvalue weighted by Gasteiger charge is 2.73. The zero-order valence-corrected chi connectivity index (χ0v) is 21.9. The molecule has 20 heteroatoms. The van der Waals surface area contributed by atoms with E-state index in [1.165, 1.54) is 11.4 Å². The van der Waals surface area contributed by atoms with Crippen molar-refractivity contribution in [3.8, 4) is 6.07 Å². The maximum atomic E-state index is 15.5. The minimum absolute atomic E-state index is 0.132. The minimum Gasteiger partial charge on any atom is -0.321 e. The van der Waals surface area contributed by atoms with E-state index >= 15 is 4.39 Å². The lowest BCUT2D eigenvalue weighted by Gasteiger charge is -2.31. The number of hydrogen-bond acceptors (Lipinski definition) is 4. The van der Waals surface area contributed by atoms with Crippen LogP contribution in [0.5, 0.6) is 0 Å². The lowest BCUT2D eigenvalue weighted by atomic mass is 9.92. The average Bonchev–Trinajstić information content (AvgIpc) is 2.93. The first-order valence-electron chi connectivity index (χ1n) is 11.8. The second-order valence-electron chi connectivity index (χ2n) is 8.98. The molecule has 0 bridgehead atoms. The van der Waals surface area contributed by atoms with Crippen LogP contribution in [0.2, 0.25) is 0 Å². The molecule has 0 saturated heterocycles. The van der Waals surface area contributed by atoms with Crippen molar-refractivity contribution in [2.45, 2.75) is 30.4 Å². The minimum atomic E-state index is -6.77. The molecule has 2 amide bonds. The Morgan fingerprint density at radius 3 is 1.91 bits per heavy atom.